The van der Waals surface area contributed by atoms with Crippen molar-refractivity contribution >= 4 is 0 Å². The number of hydrogen-bond acceptors (Lipinski definition) is 3. The Kier molecular flexibility index (Phi) is 10.6. The van der Waals surface area contributed by atoms with Gasteiger partial charge in [-0.05, 0) is 24.8 Å². The number of halogens is 2. The summed E-state index contributed by atoms with van der Waals surface area (Å²) in [6, 6.07) is 8.36. The molecule has 0 saturated carbocycles. The molecule has 0 aliphatic carbocycles. The van der Waals surface area contributed by atoms with Gasteiger partial charge in [0.25, 0.3) is 0 Å². The molecule has 0 bridgehead atoms. The van der Waals surface area contributed by atoms with Gasteiger partial charge in [0.15, 0.2) is 11.6 Å². The molecule has 2 atom stereocenters. The second-order valence-corrected chi connectivity index (χ2v) is 7.53. The Labute approximate surface area is 173 Å². The maximum Gasteiger partial charge on any atom is 0.159 e. The smallest absolute Gasteiger partial charge is 0.159 e. The van der Waals surface area contributed by atoms with Crippen molar-refractivity contribution in [2.45, 2.75) is 84.0 Å². The number of hydrogen-bond donors (Lipinski definition) is 0. The van der Waals surface area contributed by atoms with Crippen molar-refractivity contribution in [2.24, 2.45) is 0 Å². The molecule has 0 aliphatic heterocycles. The monoisotopic (exact) mass is 404 g/mol. The van der Waals surface area contributed by atoms with Crippen molar-refractivity contribution in [3.05, 3.63) is 42.2 Å². The number of aryl methyl sites for hydroxylation is 1. The van der Waals surface area contributed by atoms with E-state index in [0.717, 1.165) is 12.0 Å². The zero-order chi connectivity index (χ0) is 20.9. The van der Waals surface area contributed by atoms with Gasteiger partial charge in [0, 0.05) is 12.0 Å². The molecule has 0 fully saturated rings. The zero-order valence-corrected chi connectivity index (χ0v) is 17.7. The van der Waals surface area contributed by atoms with Gasteiger partial charge in [-0.1, -0.05) is 70.2 Å². The lowest BCUT2D eigenvalue weighted by atomic mass is 10.0. The average molecular weight is 405 g/mol. The van der Waals surface area contributed by atoms with Gasteiger partial charge in [-0.15, -0.1) is 0 Å². The third-order valence-corrected chi connectivity index (χ3v) is 5.10. The van der Waals surface area contributed by atoms with Crippen LogP contribution in [0.15, 0.2) is 36.7 Å². The van der Waals surface area contributed by atoms with Crippen LogP contribution in [0.25, 0.3) is 11.4 Å². The van der Waals surface area contributed by atoms with Gasteiger partial charge in [-0.2, -0.15) is 0 Å². The van der Waals surface area contributed by atoms with E-state index in [1.165, 1.54) is 44.1 Å². The summed E-state index contributed by atoms with van der Waals surface area (Å²) in [5.74, 6) is 1.09. The summed E-state index contributed by atoms with van der Waals surface area (Å²) < 4.78 is 32.1. The molecule has 29 heavy (non-hydrogen) atoms. The highest BCUT2D eigenvalue weighted by molar-refractivity contribution is 5.55. The van der Waals surface area contributed by atoms with E-state index in [9.17, 15) is 8.78 Å². The van der Waals surface area contributed by atoms with Crippen LogP contribution in [0, 0.1) is 0 Å². The van der Waals surface area contributed by atoms with E-state index < -0.39 is 12.3 Å². The van der Waals surface area contributed by atoms with E-state index in [1.54, 1.807) is 19.3 Å². The lowest BCUT2D eigenvalue weighted by molar-refractivity contribution is 0.133. The Morgan fingerprint density at radius 2 is 1.52 bits per heavy atom. The Morgan fingerprint density at radius 1 is 0.862 bits per heavy atom. The van der Waals surface area contributed by atoms with Crippen LogP contribution < -0.4 is 4.74 Å². The molecule has 5 heteroatoms. The van der Waals surface area contributed by atoms with E-state index in [0.29, 0.717) is 11.6 Å². The summed E-state index contributed by atoms with van der Waals surface area (Å²) in [4.78, 5) is 8.66. The highest BCUT2D eigenvalue weighted by Crippen LogP contribution is 2.19. The molecule has 1 aromatic heterocycles. The third-order valence-electron chi connectivity index (χ3n) is 5.10. The molecule has 0 amide bonds. The van der Waals surface area contributed by atoms with Crippen LogP contribution in [0.5, 0.6) is 5.75 Å². The van der Waals surface area contributed by atoms with E-state index in [4.69, 9.17) is 4.74 Å². The number of benzene rings is 1. The van der Waals surface area contributed by atoms with Crippen molar-refractivity contribution in [3.63, 3.8) is 0 Å². The summed E-state index contributed by atoms with van der Waals surface area (Å²) >= 11 is 0. The van der Waals surface area contributed by atoms with Crippen LogP contribution in [-0.4, -0.2) is 28.9 Å². The second kappa shape index (κ2) is 13.2. The number of rotatable bonds is 14. The Balaban J connectivity index is 1.76. The highest BCUT2D eigenvalue weighted by Gasteiger charge is 2.18. The largest absolute Gasteiger partial charge is 0.490 e. The van der Waals surface area contributed by atoms with E-state index in [2.05, 4.69) is 29.0 Å². The minimum absolute atomic E-state index is 0.0246. The second-order valence-electron chi connectivity index (χ2n) is 7.53. The molecule has 160 valence electrons. The van der Waals surface area contributed by atoms with Crippen LogP contribution >= 0.6 is 0 Å². The first-order chi connectivity index (χ1) is 14.1. The topological polar surface area (TPSA) is 35.0 Å². The van der Waals surface area contributed by atoms with Crippen LogP contribution in [0.2, 0.25) is 0 Å². The van der Waals surface area contributed by atoms with E-state index in [-0.39, 0.29) is 19.4 Å². The zero-order valence-electron chi connectivity index (χ0n) is 17.7. The van der Waals surface area contributed by atoms with Gasteiger partial charge in [0.1, 0.15) is 12.3 Å². The van der Waals surface area contributed by atoms with Crippen molar-refractivity contribution < 1.29 is 13.5 Å². The fourth-order valence-corrected chi connectivity index (χ4v) is 3.20. The summed E-state index contributed by atoms with van der Waals surface area (Å²) in [6.45, 7) is 3.98. The van der Waals surface area contributed by atoms with Gasteiger partial charge >= 0.3 is 0 Å². The van der Waals surface area contributed by atoms with E-state index in [1.807, 2.05) is 12.1 Å². The Morgan fingerprint density at radius 3 is 2.17 bits per heavy atom. The molecule has 0 saturated heterocycles. The predicted molar refractivity (Wildman–Crippen MR) is 115 cm³/mol. The van der Waals surface area contributed by atoms with Crippen molar-refractivity contribution in [3.8, 4) is 17.1 Å². The maximum atomic E-state index is 13.5. The third kappa shape index (κ3) is 8.46. The molecule has 2 rings (SSSR count). The molecular weight excluding hydrogens is 370 g/mol. The number of aromatic nitrogens is 2. The summed E-state index contributed by atoms with van der Waals surface area (Å²) in [6.07, 6.45) is 9.35. The Hall–Kier alpha value is -2.04. The SMILES string of the molecule is CCCCCCCCc1ccc(-c2ncc(OCCC(F)C(F)CC)cn2)cc1. The van der Waals surface area contributed by atoms with Gasteiger partial charge < -0.3 is 4.74 Å². The molecule has 2 aromatic rings. The first-order valence-electron chi connectivity index (χ1n) is 11.0. The first-order valence-corrected chi connectivity index (χ1v) is 11.0. The highest BCUT2D eigenvalue weighted by atomic mass is 19.2. The standard InChI is InChI=1S/C24H34F2N2O/c1-3-5-6-7-8-9-10-19-11-13-20(14-12-19)24-27-17-21(18-28-24)29-16-15-23(26)22(25)4-2/h11-14,17-18,22-23H,3-10,15-16H2,1-2H3. The molecule has 0 radical (unpaired) electrons. The van der Waals surface area contributed by atoms with Crippen LogP contribution in [0.4, 0.5) is 8.78 Å². The molecule has 0 N–H and O–H groups in total. The molecule has 1 heterocycles. The van der Waals surface area contributed by atoms with Crippen molar-refractivity contribution in [1.29, 1.82) is 0 Å². The van der Waals surface area contributed by atoms with Crippen LogP contribution in [0.3, 0.4) is 0 Å². The normalized spacial score (nSPS) is 13.2. The molecule has 1 aromatic carbocycles. The van der Waals surface area contributed by atoms with Gasteiger partial charge in [0.05, 0.1) is 19.0 Å². The minimum Gasteiger partial charge on any atom is -0.490 e. The maximum absolute atomic E-state index is 13.5. The van der Waals surface area contributed by atoms with Crippen LogP contribution in [0.1, 0.15) is 70.8 Å². The first kappa shape index (κ1) is 23.2. The quantitative estimate of drug-likeness (QED) is 0.321. The number of nitrogens with zero attached hydrogens (tertiary/aromatic N) is 2. The van der Waals surface area contributed by atoms with Crippen LogP contribution in [-0.2, 0) is 6.42 Å². The minimum atomic E-state index is -1.49. The van der Waals surface area contributed by atoms with Crippen molar-refractivity contribution in [1.82, 2.24) is 9.97 Å². The molecule has 0 spiro atoms. The fourth-order valence-electron chi connectivity index (χ4n) is 3.20. The lowest BCUT2D eigenvalue weighted by Crippen LogP contribution is -2.19. The van der Waals surface area contributed by atoms with Gasteiger partial charge in [-0.25, -0.2) is 18.7 Å². The molecule has 3 nitrogen and oxygen atoms in total. The number of unbranched alkanes of at least 4 members (excludes halogenated alkanes) is 5. The summed E-state index contributed by atoms with van der Waals surface area (Å²) in [7, 11) is 0. The predicted octanol–water partition coefficient (Wildman–Crippen LogP) is 6.90. The molecule has 2 unspecified atom stereocenters. The Bertz CT molecular complexity index is 676. The fraction of sp³-hybridized carbons (Fsp3) is 0.583. The number of alkyl halides is 2. The van der Waals surface area contributed by atoms with E-state index >= 15 is 0 Å². The number of ether oxygens (including phenoxy) is 1. The lowest BCUT2D eigenvalue weighted by Gasteiger charge is -2.12. The van der Waals surface area contributed by atoms with Gasteiger partial charge in [0.2, 0.25) is 0 Å². The average Bonchev–Trinajstić information content (AvgIpc) is 2.76. The van der Waals surface area contributed by atoms with Crippen molar-refractivity contribution in [2.75, 3.05) is 6.61 Å². The summed E-state index contributed by atoms with van der Waals surface area (Å²) in [5, 5.41) is 0. The summed E-state index contributed by atoms with van der Waals surface area (Å²) in [5.41, 5.74) is 2.29. The molecular formula is C24H34F2N2O. The molecule has 0 aliphatic rings. The van der Waals surface area contributed by atoms with Gasteiger partial charge in [-0.3, -0.25) is 0 Å².